The van der Waals surface area contributed by atoms with Gasteiger partial charge in [0.05, 0.1) is 17.8 Å². The lowest BCUT2D eigenvalue weighted by Gasteiger charge is -2.39. The molecule has 2 aliphatic rings. The first kappa shape index (κ1) is 25.0. The van der Waals surface area contributed by atoms with Crippen LogP contribution in [0, 0.1) is 6.92 Å². The van der Waals surface area contributed by atoms with Crippen LogP contribution < -0.4 is 15.0 Å². The zero-order valence-electron chi connectivity index (χ0n) is 21.2. The van der Waals surface area contributed by atoms with E-state index in [0.29, 0.717) is 43.3 Å². The highest BCUT2D eigenvalue weighted by Crippen LogP contribution is 2.32. The van der Waals surface area contributed by atoms with Crippen molar-refractivity contribution in [1.29, 1.82) is 0 Å². The van der Waals surface area contributed by atoms with Crippen LogP contribution in [-0.4, -0.2) is 78.1 Å². The summed E-state index contributed by atoms with van der Waals surface area (Å²) in [5.41, 5.74) is 2.00. The van der Waals surface area contributed by atoms with Gasteiger partial charge >= 0.3 is 6.03 Å². The zero-order chi connectivity index (χ0) is 25.8. The van der Waals surface area contributed by atoms with Gasteiger partial charge in [0.2, 0.25) is 0 Å². The molecule has 0 saturated carbocycles. The molecule has 194 valence electrons. The van der Waals surface area contributed by atoms with Crippen molar-refractivity contribution in [2.45, 2.75) is 25.7 Å². The van der Waals surface area contributed by atoms with E-state index in [1.165, 1.54) is 11.3 Å². The molecule has 2 fully saturated rings. The van der Waals surface area contributed by atoms with Crippen molar-refractivity contribution < 1.29 is 14.3 Å². The van der Waals surface area contributed by atoms with Crippen LogP contribution in [0.5, 0.6) is 5.75 Å². The molecule has 9 nitrogen and oxygen atoms in total. The molecule has 3 amide bonds. The van der Waals surface area contributed by atoms with Crippen LogP contribution in [-0.2, 0) is 0 Å². The van der Waals surface area contributed by atoms with E-state index in [1.54, 1.807) is 13.3 Å². The first-order chi connectivity index (χ1) is 18.0. The van der Waals surface area contributed by atoms with Gasteiger partial charge in [0, 0.05) is 56.8 Å². The number of hydrogen-bond donors (Lipinski definition) is 1. The van der Waals surface area contributed by atoms with E-state index in [2.05, 4.69) is 20.2 Å². The highest BCUT2D eigenvalue weighted by Gasteiger charge is 2.30. The number of methoxy groups -OCH3 is 1. The van der Waals surface area contributed by atoms with Gasteiger partial charge < -0.3 is 24.8 Å². The molecule has 0 spiro atoms. The van der Waals surface area contributed by atoms with Gasteiger partial charge in [-0.05, 0) is 43.5 Å². The zero-order valence-corrected chi connectivity index (χ0v) is 22.0. The SMILES string of the molecule is COc1cccc(C)c1NC(=O)c1csc(C2CCN(C(=O)N3CCN(c4ccccn4)CC3)CC2)n1. The molecular formula is C27H32N6O3S. The third-order valence-electron chi connectivity index (χ3n) is 7.09. The van der Waals surface area contributed by atoms with E-state index in [4.69, 9.17) is 4.74 Å². The van der Waals surface area contributed by atoms with Crippen molar-refractivity contribution in [3.8, 4) is 5.75 Å². The Balaban J connectivity index is 1.13. The highest BCUT2D eigenvalue weighted by atomic mass is 32.1. The van der Waals surface area contributed by atoms with Crippen LogP contribution in [0.25, 0.3) is 0 Å². The lowest BCUT2D eigenvalue weighted by molar-refractivity contribution is 0.102. The second-order valence-corrected chi connectivity index (χ2v) is 10.3. The monoisotopic (exact) mass is 520 g/mol. The molecule has 10 heteroatoms. The number of anilines is 2. The molecule has 5 rings (SSSR count). The van der Waals surface area contributed by atoms with Crippen LogP contribution >= 0.6 is 11.3 Å². The molecule has 1 N–H and O–H groups in total. The number of aryl methyl sites for hydroxylation is 1. The van der Waals surface area contributed by atoms with E-state index >= 15 is 0 Å². The fraction of sp³-hybridized carbons (Fsp3) is 0.407. The number of urea groups is 1. The van der Waals surface area contributed by atoms with E-state index in [-0.39, 0.29) is 17.9 Å². The third kappa shape index (κ3) is 5.53. The second-order valence-electron chi connectivity index (χ2n) is 9.38. The number of para-hydroxylation sites is 1. The number of nitrogens with zero attached hydrogens (tertiary/aromatic N) is 5. The fourth-order valence-corrected chi connectivity index (χ4v) is 5.88. The summed E-state index contributed by atoms with van der Waals surface area (Å²) in [5, 5.41) is 5.72. The Kier molecular flexibility index (Phi) is 7.55. The van der Waals surface area contributed by atoms with Gasteiger partial charge in [-0.15, -0.1) is 11.3 Å². The van der Waals surface area contributed by atoms with Crippen molar-refractivity contribution in [3.05, 3.63) is 64.2 Å². The molecule has 0 unspecified atom stereocenters. The largest absolute Gasteiger partial charge is 0.495 e. The molecule has 0 bridgehead atoms. The number of thiazole rings is 1. The van der Waals surface area contributed by atoms with Gasteiger partial charge in [0.15, 0.2) is 0 Å². The molecule has 4 heterocycles. The van der Waals surface area contributed by atoms with Gasteiger partial charge in [-0.1, -0.05) is 18.2 Å². The van der Waals surface area contributed by atoms with Gasteiger partial charge in [-0.2, -0.15) is 0 Å². The number of amides is 3. The number of likely N-dealkylation sites (tertiary alicyclic amines) is 1. The Labute approximate surface area is 221 Å². The number of piperazine rings is 1. The quantitative estimate of drug-likeness (QED) is 0.542. The van der Waals surface area contributed by atoms with Crippen molar-refractivity contribution in [3.63, 3.8) is 0 Å². The Bertz CT molecular complexity index is 1230. The Hall–Kier alpha value is -3.66. The maximum absolute atomic E-state index is 13.1. The van der Waals surface area contributed by atoms with Crippen LogP contribution in [0.1, 0.15) is 39.8 Å². The van der Waals surface area contributed by atoms with Crippen LogP contribution in [0.15, 0.2) is 48.0 Å². The van der Waals surface area contributed by atoms with Gasteiger partial charge in [-0.25, -0.2) is 14.8 Å². The van der Waals surface area contributed by atoms with Crippen LogP contribution in [0.3, 0.4) is 0 Å². The Morgan fingerprint density at radius 2 is 1.76 bits per heavy atom. The number of piperidine rings is 1. The summed E-state index contributed by atoms with van der Waals surface area (Å²) < 4.78 is 5.39. The molecule has 37 heavy (non-hydrogen) atoms. The number of rotatable bonds is 5. The smallest absolute Gasteiger partial charge is 0.320 e. The van der Waals surface area contributed by atoms with Crippen molar-refractivity contribution in [2.75, 3.05) is 56.6 Å². The topological polar surface area (TPSA) is 90.9 Å². The van der Waals surface area contributed by atoms with Crippen LogP contribution in [0.2, 0.25) is 0 Å². The van der Waals surface area contributed by atoms with E-state index < -0.39 is 0 Å². The van der Waals surface area contributed by atoms with Gasteiger partial charge in [0.25, 0.3) is 5.91 Å². The molecule has 0 aliphatic carbocycles. The number of nitrogens with one attached hydrogen (secondary N) is 1. The maximum Gasteiger partial charge on any atom is 0.320 e. The molecule has 1 aromatic carbocycles. The molecule has 2 aromatic heterocycles. The first-order valence-electron chi connectivity index (χ1n) is 12.6. The minimum Gasteiger partial charge on any atom is -0.495 e. The van der Waals surface area contributed by atoms with Crippen molar-refractivity contribution >= 4 is 34.8 Å². The minimum atomic E-state index is -0.243. The van der Waals surface area contributed by atoms with E-state index in [9.17, 15) is 9.59 Å². The van der Waals surface area contributed by atoms with E-state index in [1.807, 2.05) is 58.5 Å². The lowest BCUT2D eigenvalue weighted by atomic mass is 9.98. The third-order valence-corrected chi connectivity index (χ3v) is 8.09. The summed E-state index contributed by atoms with van der Waals surface area (Å²) in [7, 11) is 1.59. The normalized spacial score (nSPS) is 16.5. The predicted molar refractivity (Wildman–Crippen MR) is 145 cm³/mol. The second kappa shape index (κ2) is 11.2. The predicted octanol–water partition coefficient (Wildman–Crippen LogP) is 4.23. The van der Waals surface area contributed by atoms with E-state index in [0.717, 1.165) is 42.3 Å². The molecular weight excluding hydrogens is 488 g/mol. The fourth-order valence-electron chi connectivity index (χ4n) is 4.91. The van der Waals surface area contributed by atoms with Gasteiger partial charge in [0.1, 0.15) is 17.3 Å². The summed E-state index contributed by atoms with van der Waals surface area (Å²) >= 11 is 1.52. The number of carbonyl (C=O) groups excluding carboxylic acids is 2. The van der Waals surface area contributed by atoms with Crippen molar-refractivity contribution in [1.82, 2.24) is 19.8 Å². The lowest BCUT2D eigenvalue weighted by Crippen LogP contribution is -2.54. The average molecular weight is 521 g/mol. The number of carbonyl (C=O) groups is 2. The highest BCUT2D eigenvalue weighted by molar-refractivity contribution is 7.10. The Morgan fingerprint density at radius 1 is 1.00 bits per heavy atom. The standard InChI is InChI=1S/C27H32N6O3S/c1-19-6-5-7-22(36-2)24(19)30-25(34)21-18-37-26(29-21)20-9-12-32(13-10-20)27(35)33-16-14-31(15-17-33)23-8-3-4-11-28-23/h3-8,11,18,20H,9-10,12-17H2,1-2H3,(H,30,34). The van der Waals surface area contributed by atoms with Gasteiger partial charge in [-0.3, -0.25) is 4.79 Å². The number of hydrogen-bond acceptors (Lipinski definition) is 7. The van der Waals surface area contributed by atoms with Crippen molar-refractivity contribution in [2.24, 2.45) is 0 Å². The summed E-state index contributed by atoms with van der Waals surface area (Å²) in [6.07, 6.45) is 3.50. The number of benzene rings is 1. The summed E-state index contributed by atoms with van der Waals surface area (Å²) in [4.78, 5) is 41.2. The Morgan fingerprint density at radius 3 is 2.46 bits per heavy atom. The summed E-state index contributed by atoms with van der Waals surface area (Å²) in [5.74, 6) is 1.60. The summed E-state index contributed by atoms with van der Waals surface area (Å²) in [6, 6.07) is 11.7. The van der Waals surface area contributed by atoms with Crippen LogP contribution in [0.4, 0.5) is 16.3 Å². The minimum absolute atomic E-state index is 0.116. The number of pyridine rings is 1. The molecule has 3 aromatic rings. The number of ether oxygens (including phenoxy) is 1. The molecule has 0 radical (unpaired) electrons. The first-order valence-corrected chi connectivity index (χ1v) is 13.5. The molecule has 2 saturated heterocycles. The summed E-state index contributed by atoms with van der Waals surface area (Å²) in [6.45, 7) is 6.31. The molecule has 0 atom stereocenters. The molecule has 2 aliphatic heterocycles. The average Bonchev–Trinajstić information content (AvgIpc) is 3.45. The maximum atomic E-state index is 13.1. The number of aromatic nitrogens is 2.